The minimum atomic E-state index is -4.07. The third kappa shape index (κ3) is 4.73. The SMILES string of the molecule is Nc1c(S(=O)(=O)c2ccc(Cl)cc2)c2nc3ccccc3nc2n1CCCOC(=O)c1ccc(F)cc1. The smallest absolute Gasteiger partial charge is 0.338 e. The lowest BCUT2D eigenvalue weighted by molar-refractivity contribution is 0.0496. The van der Waals surface area contributed by atoms with Gasteiger partial charge in [-0.15, -0.1) is 0 Å². The van der Waals surface area contributed by atoms with E-state index in [0.29, 0.717) is 28.1 Å². The molecule has 2 aromatic heterocycles. The Morgan fingerprint density at radius 1 is 0.973 bits per heavy atom. The summed E-state index contributed by atoms with van der Waals surface area (Å²) in [5.74, 6) is -1.07. The highest BCUT2D eigenvalue weighted by molar-refractivity contribution is 7.92. The number of nitrogens with two attached hydrogens (primary N) is 1. The molecule has 5 aromatic rings. The highest BCUT2D eigenvalue weighted by atomic mass is 35.5. The number of para-hydroxylation sites is 2. The summed E-state index contributed by atoms with van der Waals surface area (Å²) in [6.07, 6.45) is 0.315. The second-order valence-electron chi connectivity index (χ2n) is 8.20. The predicted molar refractivity (Wildman–Crippen MR) is 138 cm³/mol. The molecule has 11 heteroatoms. The maximum absolute atomic E-state index is 13.6. The molecule has 0 saturated carbocycles. The number of anilines is 1. The van der Waals surface area contributed by atoms with E-state index in [1.165, 1.54) is 48.5 Å². The number of nitrogens with zero attached hydrogens (tertiary/aromatic N) is 3. The molecule has 0 aliphatic carbocycles. The Morgan fingerprint density at radius 2 is 1.62 bits per heavy atom. The topological polar surface area (TPSA) is 117 Å². The summed E-state index contributed by atoms with van der Waals surface area (Å²) in [7, 11) is -4.07. The number of nitrogen functional groups attached to an aromatic ring is 1. The first-order chi connectivity index (χ1) is 17.8. The van der Waals surface area contributed by atoms with Crippen LogP contribution in [0, 0.1) is 5.82 Å². The number of halogens is 2. The highest BCUT2D eigenvalue weighted by Crippen LogP contribution is 2.35. The lowest BCUT2D eigenvalue weighted by Crippen LogP contribution is -2.11. The van der Waals surface area contributed by atoms with Crippen molar-refractivity contribution >= 4 is 55.4 Å². The minimum Gasteiger partial charge on any atom is -0.462 e. The van der Waals surface area contributed by atoms with E-state index in [1.54, 1.807) is 28.8 Å². The normalized spacial score (nSPS) is 11.7. The number of ether oxygens (including phenoxy) is 1. The number of benzene rings is 3. The first kappa shape index (κ1) is 24.7. The Hall–Kier alpha value is -4.02. The fourth-order valence-corrected chi connectivity index (χ4v) is 5.60. The molecule has 0 fully saturated rings. The highest BCUT2D eigenvalue weighted by Gasteiger charge is 2.30. The molecule has 0 bridgehead atoms. The maximum atomic E-state index is 13.6. The Labute approximate surface area is 216 Å². The minimum absolute atomic E-state index is 0.0193. The van der Waals surface area contributed by atoms with Gasteiger partial charge in [-0.1, -0.05) is 23.7 Å². The molecule has 188 valence electrons. The fraction of sp³-hybridized carbons (Fsp3) is 0.115. The van der Waals surface area contributed by atoms with Gasteiger partial charge in [0.1, 0.15) is 22.0 Å². The van der Waals surface area contributed by atoms with Crippen LogP contribution in [-0.4, -0.2) is 35.5 Å². The van der Waals surface area contributed by atoms with Crippen LogP contribution in [0.15, 0.2) is 82.6 Å². The van der Waals surface area contributed by atoms with Crippen molar-refractivity contribution in [2.24, 2.45) is 0 Å². The number of aromatic nitrogens is 3. The Bertz CT molecular complexity index is 1740. The lowest BCUT2D eigenvalue weighted by Gasteiger charge is -2.09. The summed E-state index contributed by atoms with van der Waals surface area (Å²) in [6, 6.07) is 17.9. The van der Waals surface area contributed by atoms with Crippen molar-refractivity contribution in [3.05, 3.63) is 89.2 Å². The average Bonchev–Trinajstić information content (AvgIpc) is 3.16. The number of rotatable bonds is 7. The molecule has 2 heterocycles. The van der Waals surface area contributed by atoms with E-state index in [-0.39, 0.29) is 39.8 Å². The van der Waals surface area contributed by atoms with Crippen molar-refractivity contribution in [3.8, 4) is 0 Å². The molecule has 3 aromatic carbocycles. The molecule has 0 radical (unpaired) electrons. The van der Waals surface area contributed by atoms with Gasteiger partial charge in [-0.05, 0) is 67.1 Å². The molecule has 0 aliphatic heterocycles. The first-order valence-electron chi connectivity index (χ1n) is 11.2. The van der Waals surface area contributed by atoms with Crippen molar-refractivity contribution in [1.82, 2.24) is 14.5 Å². The van der Waals surface area contributed by atoms with Crippen molar-refractivity contribution in [1.29, 1.82) is 0 Å². The monoisotopic (exact) mass is 538 g/mol. The molecule has 0 atom stereocenters. The Balaban J connectivity index is 1.49. The summed E-state index contributed by atoms with van der Waals surface area (Å²) < 4.78 is 47.2. The van der Waals surface area contributed by atoms with Gasteiger partial charge in [0, 0.05) is 11.6 Å². The summed E-state index contributed by atoms with van der Waals surface area (Å²) in [4.78, 5) is 21.3. The zero-order valence-electron chi connectivity index (χ0n) is 19.3. The number of carbonyl (C=O) groups excluding carboxylic acids is 1. The largest absolute Gasteiger partial charge is 0.462 e. The van der Waals surface area contributed by atoms with Gasteiger partial charge in [-0.3, -0.25) is 0 Å². The standard InChI is InChI=1S/C26H20ClFN4O4S/c27-17-8-12-19(13-9-17)37(34,35)23-22-25(31-21-5-2-1-4-20(21)30-22)32(24(23)29)14-3-15-36-26(33)16-6-10-18(28)11-7-16/h1-2,4-13H,3,14-15,29H2. The quantitative estimate of drug-likeness (QED) is 0.228. The maximum Gasteiger partial charge on any atom is 0.338 e. The van der Waals surface area contributed by atoms with Crippen molar-refractivity contribution in [2.45, 2.75) is 22.8 Å². The van der Waals surface area contributed by atoms with Gasteiger partial charge in [-0.25, -0.2) is 27.6 Å². The van der Waals surface area contributed by atoms with Crippen molar-refractivity contribution in [2.75, 3.05) is 12.3 Å². The molecule has 37 heavy (non-hydrogen) atoms. The molecule has 2 N–H and O–H groups in total. The van der Waals surface area contributed by atoms with Gasteiger partial charge in [0.15, 0.2) is 5.65 Å². The van der Waals surface area contributed by atoms with Crippen LogP contribution < -0.4 is 5.73 Å². The molecular formula is C26H20ClFN4O4S. The Kier molecular flexibility index (Phi) is 6.53. The van der Waals surface area contributed by atoms with Crippen LogP contribution in [0.25, 0.3) is 22.2 Å². The number of hydrogen-bond acceptors (Lipinski definition) is 7. The molecule has 0 saturated heterocycles. The summed E-state index contributed by atoms with van der Waals surface area (Å²) in [5.41, 5.74) is 8.18. The van der Waals surface area contributed by atoms with Gasteiger partial charge in [0.05, 0.1) is 28.1 Å². The zero-order valence-corrected chi connectivity index (χ0v) is 20.8. The summed E-state index contributed by atoms with van der Waals surface area (Å²) in [6.45, 7) is 0.234. The molecule has 0 spiro atoms. The van der Waals surface area contributed by atoms with E-state index in [4.69, 9.17) is 22.1 Å². The van der Waals surface area contributed by atoms with Crippen LogP contribution in [0.1, 0.15) is 16.8 Å². The van der Waals surface area contributed by atoms with E-state index in [0.717, 1.165) is 0 Å². The van der Waals surface area contributed by atoms with Gasteiger partial charge in [0.2, 0.25) is 9.84 Å². The molecule has 0 unspecified atom stereocenters. The van der Waals surface area contributed by atoms with Gasteiger partial charge in [0.25, 0.3) is 0 Å². The zero-order chi connectivity index (χ0) is 26.2. The number of carbonyl (C=O) groups is 1. The number of esters is 1. The van der Waals surface area contributed by atoms with Crippen LogP contribution in [0.3, 0.4) is 0 Å². The molecule has 8 nitrogen and oxygen atoms in total. The van der Waals surface area contributed by atoms with Crippen molar-refractivity contribution in [3.63, 3.8) is 0 Å². The number of aryl methyl sites for hydroxylation is 1. The second-order valence-corrected chi connectivity index (χ2v) is 10.5. The van der Waals surface area contributed by atoms with Crippen LogP contribution in [0.5, 0.6) is 0 Å². The number of fused-ring (bicyclic) bond motifs is 2. The third-order valence-electron chi connectivity index (χ3n) is 5.78. The summed E-state index contributed by atoms with van der Waals surface area (Å²) in [5, 5.41) is 0.398. The molecule has 0 amide bonds. The average molecular weight is 539 g/mol. The van der Waals surface area contributed by atoms with Gasteiger partial charge >= 0.3 is 5.97 Å². The van der Waals surface area contributed by atoms with Gasteiger partial charge in [-0.2, -0.15) is 0 Å². The molecule has 0 aliphatic rings. The predicted octanol–water partition coefficient (Wildman–Crippen LogP) is 5.04. The van der Waals surface area contributed by atoms with Crippen LogP contribution in [0.4, 0.5) is 10.2 Å². The third-order valence-corrected chi connectivity index (χ3v) is 7.86. The van der Waals surface area contributed by atoms with E-state index in [9.17, 15) is 17.6 Å². The fourth-order valence-electron chi connectivity index (χ4n) is 3.97. The molecule has 5 rings (SSSR count). The Morgan fingerprint density at radius 3 is 2.30 bits per heavy atom. The van der Waals surface area contributed by atoms with Crippen LogP contribution in [-0.2, 0) is 21.1 Å². The number of sulfone groups is 1. The van der Waals surface area contributed by atoms with E-state index in [1.807, 2.05) is 0 Å². The van der Waals surface area contributed by atoms with E-state index >= 15 is 0 Å². The lowest BCUT2D eigenvalue weighted by atomic mass is 10.2. The first-order valence-corrected chi connectivity index (χ1v) is 13.1. The summed E-state index contributed by atoms with van der Waals surface area (Å²) >= 11 is 5.94. The molecular weight excluding hydrogens is 519 g/mol. The van der Waals surface area contributed by atoms with E-state index in [2.05, 4.69) is 9.97 Å². The van der Waals surface area contributed by atoms with E-state index < -0.39 is 21.6 Å². The van der Waals surface area contributed by atoms with Crippen molar-refractivity contribution < 1.29 is 22.3 Å². The van der Waals surface area contributed by atoms with Crippen LogP contribution in [0.2, 0.25) is 5.02 Å². The van der Waals surface area contributed by atoms with Gasteiger partial charge < -0.3 is 15.0 Å². The van der Waals surface area contributed by atoms with Crippen LogP contribution >= 0.6 is 11.6 Å². The number of hydrogen-bond donors (Lipinski definition) is 1. The second kappa shape index (κ2) is 9.79.